The summed E-state index contributed by atoms with van der Waals surface area (Å²) in [6, 6.07) is 2.91. The fourth-order valence-corrected chi connectivity index (χ4v) is 2.21. The lowest BCUT2D eigenvalue weighted by Gasteiger charge is -2.25. The molecule has 1 atom stereocenters. The second-order valence-corrected chi connectivity index (χ2v) is 4.95. The Morgan fingerprint density at radius 3 is 2.50 bits per heavy atom. The maximum absolute atomic E-state index is 13.2. The van der Waals surface area contributed by atoms with Gasteiger partial charge in [-0.1, -0.05) is 13.8 Å². The predicted octanol–water partition coefficient (Wildman–Crippen LogP) is 2.69. The van der Waals surface area contributed by atoms with Gasteiger partial charge in [-0.3, -0.25) is 0 Å². The molecular formula is C13H16F2N2O. The van der Waals surface area contributed by atoms with Gasteiger partial charge in [0.05, 0.1) is 6.04 Å². The van der Waals surface area contributed by atoms with E-state index in [1.54, 1.807) is 4.90 Å². The van der Waals surface area contributed by atoms with E-state index in [0.29, 0.717) is 24.6 Å². The fraction of sp³-hybridized carbons (Fsp3) is 0.462. The summed E-state index contributed by atoms with van der Waals surface area (Å²) in [5.41, 5.74) is 0.492. The molecule has 1 N–H and O–H groups in total. The van der Waals surface area contributed by atoms with Crippen LogP contribution in [0.2, 0.25) is 0 Å². The highest BCUT2D eigenvalue weighted by Crippen LogP contribution is 2.26. The Morgan fingerprint density at radius 1 is 1.33 bits per heavy atom. The lowest BCUT2D eigenvalue weighted by atomic mass is 10.0. The lowest BCUT2D eigenvalue weighted by Crippen LogP contribution is -2.33. The van der Waals surface area contributed by atoms with E-state index in [1.807, 2.05) is 13.8 Å². The van der Waals surface area contributed by atoms with Crippen LogP contribution in [-0.4, -0.2) is 24.0 Å². The molecule has 0 bridgehead atoms. The van der Waals surface area contributed by atoms with Crippen molar-refractivity contribution < 1.29 is 13.6 Å². The van der Waals surface area contributed by atoms with Gasteiger partial charge >= 0.3 is 6.03 Å². The van der Waals surface area contributed by atoms with E-state index in [1.165, 1.54) is 12.1 Å². The summed E-state index contributed by atoms with van der Waals surface area (Å²) in [4.78, 5) is 13.3. The van der Waals surface area contributed by atoms with Crippen molar-refractivity contribution in [2.24, 2.45) is 5.92 Å². The Labute approximate surface area is 105 Å². The maximum atomic E-state index is 13.2. The third-order valence-corrected chi connectivity index (χ3v) is 2.92. The van der Waals surface area contributed by atoms with Gasteiger partial charge in [0, 0.05) is 19.2 Å². The fourth-order valence-electron chi connectivity index (χ4n) is 2.21. The summed E-state index contributed by atoms with van der Waals surface area (Å²) in [6.07, 6.45) is 0. The van der Waals surface area contributed by atoms with Crippen LogP contribution in [-0.2, 0) is 0 Å². The number of amides is 2. The normalized spacial score (nSPS) is 19.5. The minimum absolute atomic E-state index is 0.182. The summed E-state index contributed by atoms with van der Waals surface area (Å²) in [7, 11) is 0. The SMILES string of the molecule is CC(C)CN1C(=O)NCC1c1cc(F)cc(F)c1. The van der Waals surface area contributed by atoms with Crippen molar-refractivity contribution in [3.8, 4) is 0 Å². The van der Waals surface area contributed by atoms with Crippen molar-refractivity contribution in [2.75, 3.05) is 13.1 Å². The van der Waals surface area contributed by atoms with Gasteiger partial charge in [-0.2, -0.15) is 0 Å². The standard InChI is InChI=1S/C13H16F2N2O/c1-8(2)7-17-12(6-16-13(17)18)9-3-10(14)5-11(15)4-9/h3-5,8,12H,6-7H2,1-2H3,(H,16,18). The summed E-state index contributed by atoms with van der Waals surface area (Å²) in [6.45, 7) is 4.94. The molecule has 1 unspecified atom stereocenters. The van der Waals surface area contributed by atoms with Crippen molar-refractivity contribution in [1.29, 1.82) is 0 Å². The number of nitrogens with one attached hydrogen (secondary N) is 1. The highest BCUT2D eigenvalue weighted by atomic mass is 19.1. The van der Waals surface area contributed by atoms with E-state index in [4.69, 9.17) is 0 Å². The largest absolute Gasteiger partial charge is 0.336 e. The molecule has 0 spiro atoms. The topological polar surface area (TPSA) is 32.3 Å². The first-order valence-electron chi connectivity index (χ1n) is 5.98. The minimum Gasteiger partial charge on any atom is -0.336 e. The molecule has 3 nitrogen and oxygen atoms in total. The zero-order chi connectivity index (χ0) is 13.3. The minimum atomic E-state index is -0.617. The van der Waals surface area contributed by atoms with Gasteiger partial charge in [-0.15, -0.1) is 0 Å². The number of carbonyl (C=O) groups is 1. The molecule has 0 radical (unpaired) electrons. The molecule has 2 amide bonds. The van der Waals surface area contributed by atoms with Gasteiger partial charge in [0.1, 0.15) is 11.6 Å². The first kappa shape index (κ1) is 12.8. The lowest BCUT2D eigenvalue weighted by molar-refractivity contribution is 0.195. The van der Waals surface area contributed by atoms with E-state index < -0.39 is 11.6 Å². The van der Waals surface area contributed by atoms with Crippen LogP contribution in [0.3, 0.4) is 0 Å². The van der Waals surface area contributed by atoms with Gasteiger partial charge in [0.25, 0.3) is 0 Å². The molecule has 2 rings (SSSR count). The Hall–Kier alpha value is -1.65. The van der Waals surface area contributed by atoms with E-state index in [-0.39, 0.29) is 12.1 Å². The number of nitrogens with zero attached hydrogens (tertiary/aromatic N) is 1. The maximum Gasteiger partial charge on any atom is 0.318 e. The molecule has 1 heterocycles. The molecule has 0 aliphatic carbocycles. The van der Waals surface area contributed by atoms with Crippen LogP contribution in [0, 0.1) is 17.6 Å². The molecule has 18 heavy (non-hydrogen) atoms. The van der Waals surface area contributed by atoms with Crippen LogP contribution >= 0.6 is 0 Å². The average Bonchev–Trinajstić information content (AvgIpc) is 2.58. The second kappa shape index (κ2) is 4.92. The van der Waals surface area contributed by atoms with Crippen LogP contribution in [0.4, 0.5) is 13.6 Å². The van der Waals surface area contributed by atoms with Gasteiger partial charge in [0.15, 0.2) is 0 Å². The van der Waals surface area contributed by atoms with Crippen LogP contribution in [0.15, 0.2) is 18.2 Å². The summed E-state index contributed by atoms with van der Waals surface area (Å²) >= 11 is 0. The van der Waals surface area contributed by atoms with Crippen molar-refractivity contribution in [2.45, 2.75) is 19.9 Å². The Kier molecular flexibility index (Phi) is 3.50. The quantitative estimate of drug-likeness (QED) is 0.883. The molecule has 5 heteroatoms. The summed E-state index contributed by atoms with van der Waals surface area (Å²) < 4.78 is 26.4. The second-order valence-electron chi connectivity index (χ2n) is 4.95. The number of hydrogen-bond acceptors (Lipinski definition) is 1. The van der Waals surface area contributed by atoms with E-state index in [2.05, 4.69) is 5.32 Å². The first-order valence-corrected chi connectivity index (χ1v) is 5.98. The molecular weight excluding hydrogens is 238 g/mol. The molecule has 0 aromatic heterocycles. The van der Waals surface area contributed by atoms with Gasteiger partial charge in [-0.05, 0) is 23.6 Å². The average molecular weight is 254 g/mol. The number of urea groups is 1. The molecule has 0 saturated carbocycles. The van der Waals surface area contributed by atoms with Crippen LogP contribution in [0.25, 0.3) is 0 Å². The predicted molar refractivity (Wildman–Crippen MR) is 64.0 cm³/mol. The van der Waals surface area contributed by atoms with Gasteiger partial charge in [0.2, 0.25) is 0 Å². The smallest absolute Gasteiger partial charge is 0.318 e. The molecule has 98 valence electrons. The van der Waals surface area contributed by atoms with Crippen molar-refractivity contribution in [3.05, 3.63) is 35.4 Å². The third-order valence-electron chi connectivity index (χ3n) is 2.92. The molecule has 1 aromatic carbocycles. The molecule has 1 aliphatic rings. The monoisotopic (exact) mass is 254 g/mol. The number of carbonyl (C=O) groups excluding carboxylic acids is 1. The van der Waals surface area contributed by atoms with Crippen LogP contribution < -0.4 is 5.32 Å². The van der Waals surface area contributed by atoms with Crippen molar-refractivity contribution in [3.63, 3.8) is 0 Å². The van der Waals surface area contributed by atoms with Crippen LogP contribution in [0.1, 0.15) is 25.5 Å². The van der Waals surface area contributed by atoms with Crippen molar-refractivity contribution in [1.82, 2.24) is 10.2 Å². The van der Waals surface area contributed by atoms with E-state index in [0.717, 1.165) is 6.07 Å². The zero-order valence-corrected chi connectivity index (χ0v) is 10.4. The number of hydrogen-bond donors (Lipinski definition) is 1. The van der Waals surface area contributed by atoms with Gasteiger partial charge in [-0.25, -0.2) is 13.6 Å². The molecule has 1 aliphatic heterocycles. The summed E-state index contributed by atoms with van der Waals surface area (Å²) in [5.74, 6) is -0.933. The number of halogens is 2. The first-order chi connectivity index (χ1) is 8.47. The molecule has 1 saturated heterocycles. The van der Waals surface area contributed by atoms with E-state index >= 15 is 0 Å². The Bertz CT molecular complexity index is 442. The van der Waals surface area contributed by atoms with Crippen LogP contribution in [0.5, 0.6) is 0 Å². The summed E-state index contributed by atoms with van der Waals surface area (Å²) in [5, 5.41) is 2.70. The Morgan fingerprint density at radius 2 is 1.94 bits per heavy atom. The molecule has 1 aromatic rings. The van der Waals surface area contributed by atoms with Gasteiger partial charge < -0.3 is 10.2 Å². The number of rotatable bonds is 3. The zero-order valence-electron chi connectivity index (χ0n) is 10.4. The Balaban J connectivity index is 2.28. The van der Waals surface area contributed by atoms with E-state index in [9.17, 15) is 13.6 Å². The molecule has 1 fully saturated rings. The highest BCUT2D eigenvalue weighted by Gasteiger charge is 2.32. The third kappa shape index (κ3) is 2.60. The number of benzene rings is 1. The highest BCUT2D eigenvalue weighted by molar-refractivity contribution is 5.77. The van der Waals surface area contributed by atoms with Crippen molar-refractivity contribution >= 4 is 6.03 Å².